The maximum absolute atomic E-state index is 9.31. The van der Waals surface area contributed by atoms with Gasteiger partial charge in [-0.1, -0.05) is 30.3 Å². The smallest absolute Gasteiger partial charge is 0.147 e. The summed E-state index contributed by atoms with van der Waals surface area (Å²) in [6.07, 6.45) is 3.23. The fourth-order valence-corrected chi connectivity index (χ4v) is 3.07. The minimum absolute atomic E-state index is 0.209. The monoisotopic (exact) mass is 314 g/mol. The Morgan fingerprint density at radius 1 is 1.22 bits per heavy atom. The van der Waals surface area contributed by atoms with Crippen LogP contribution >= 0.6 is 0 Å². The van der Waals surface area contributed by atoms with Crippen LogP contribution in [0.15, 0.2) is 30.3 Å². The molecule has 0 spiro atoms. The third-order valence-electron chi connectivity index (χ3n) is 4.59. The molecule has 3 rings (SSSR count). The third-order valence-corrected chi connectivity index (χ3v) is 4.59. The van der Waals surface area contributed by atoms with Crippen LogP contribution in [0, 0.1) is 6.92 Å². The third kappa shape index (κ3) is 3.98. The molecule has 0 saturated heterocycles. The van der Waals surface area contributed by atoms with E-state index in [-0.39, 0.29) is 6.61 Å². The van der Waals surface area contributed by atoms with Crippen molar-refractivity contribution in [3.8, 4) is 0 Å². The summed E-state index contributed by atoms with van der Waals surface area (Å²) < 4.78 is 2.30. The zero-order valence-electron chi connectivity index (χ0n) is 14.0. The van der Waals surface area contributed by atoms with Gasteiger partial charge in [-0.3, -0.25) is 4.90 Å². The summed E-state index contributed by atoms with van der Waals surface area (Å²) in [5.41, 5.74) is 1.28. The first-order valence-electron chi connectivity index (χ1n) is 8.48. The molecule has 1 unspecified atom stereocenters. The van der Waals surface area contributed by atoms with Gasteiger partial charge < -0.3 is 9.67 Å². The van der Waals surface area contributed by atoms with Gasteiger partial charge >= 0.3 is 0 Å². The number of nitrogens with zero attached hydrogens (tertiary/aromatic N) is 4. The minimum Gasteiger partial charge on any atom is -0.396 e. The lowest BCUT2D eigenvalue weighted by Crippen LogP contribution is -2.34. The fourth-order valence-electron chi connectivity index (χ4n) is 3.07. The van der Waals surface area contributed by atoms with Gasteiger partial charge in [-0.2, -0.15) is 0 Å². The summed E-state index contributed by atoms with van der Waals surface area (Å²) in [6, 6.07) is 11.4. The molecule has 0 bridgehead atoms. The summed E-state index contributed by atoms with van der Waals surface area (Å²) in [7, 11) is 0. The molecule has 1 heterocycles. The van der Waals surface area contributed by atoms with E-state index in [0.717, 1.165) is 31.2 Å². The van der Waals surface area contributed by atoms with Gasteiger partial charge in [-0.15, -0.1) is 10.2 Å². The highest BCUT2D eigenvalue weighted by Crippen LogP contribution is 2.36. The Bertz CT molecular complexity index is 621. The van der Waals surface area contributed by atoms with Crippen molar-refractivity contribution >= 4 is 0 Å². The summed E-state index contributed by atoms with van der Waals surface area (Å²) in [5.74, 6) is 2.06. The predicted molar refractivity (Wildman–Crippen MR) is 89.9 cm³/mol. The Morgan fingerprint density at radius 2 is 1.96 bits per heavy atom. The molecule has 5 heteroatoms. The molecule has 1 saturated carbocycles. The van der Waals surface area contributed by atoms with Crippen LogP contribution < -0.4 is 0 Å². The molecule has 0 radical (unpaired) electrons. The van der Waals surface area contributed by atoms with Crippen LogP contribution in [0.1, 0.15) is 49.4 Å². The molecule has 5 nitrogen and oxygen atoms in total. The molecular weight excluding hydrogens is 288 g/mol. The zero-order valence-corrected chi connectivity index (χ0v) is 14.0. The van der Waals surface area contributed by atoms with Crippen LogP contribution in [-0.4, -0.2) is 37.4 Å². The van der Waals surface area contributed by atoms with Crippen molar-refractivity contribution in [2.24, 2.45) is 0 Å². The quantitative estimate of drug-likeness (QED) is 0.814. The summed E-state index contributed by atoms with van der Waals surface area (Å²) >= 11 is 0. The number of rotatable bonds is 8. The molecule has 1 N–H and O–H groups in total. The van der Waals surface area contributed by atoms with Crippen molar-refractivity contribution < 1.29 is 5.11 Å². The standard InChI is InChI=1S/C18H26N4O/c1-14(10-11-23)21(12-16-6-4-3-5-7-16)13-18-20-19-15(2)22(18)17-8-9-17/h3-7,14,17,23H,8-13H2,1-2H3. The number of aliphatic hydroxyl groups excluding tert-OH is 1. The molecule has 0 amide bonds. The van der Waals surface area contributed by atoms with Crippen LogP contribution in [-0.2, 0) is 13.1 Å². The lowest BCUT2D eigenvalue weighted by Gasteiger charge is -2.28. The maximum Gasteiger partial charge on any atom is 0.147 e. The Hall–Kier alpha value is -1.72. The van der Waals surface area contributed by atoms with Crippen LogP contribution in [0.25, 0.3) is 0 Å². The first-order valence-corrected chi connectivity index (χ1v) is 8.48. The van der Waals surface area contributed by atoms with Gasteiger partial charge in [-0.05, 0) is 38.7 Å². The molecule has 1 atom stereocenters. The first kappa shape index (κ1) is 16.1. The van der Waals surface area contributed by atoms with Gasteiger partial charge in [0.05, 0.1) is 6.54 Å². The summed E-state index contributed by atoms with van der Waals surface area (Å²) in [6.45, 7) is 6.05. The normalized spacial score (nSPS) is 16.0. The van der Waals surface area contributed by atoms with Gasteiger partial charge in [0, 0.05) is 25.2 Å². The van der Waals surface area contributed by atoms with Crippen LogP contribution in [0.5, 0.6) is 0 Å². The van der Waals surface area contributed by atoms with E-state index in [0.29, 0.717) is 12.1 Å². The highest BCUT2D eigenvalue weighted by Gasteiger charge is 2.29. The summed E-state index contributed by atoms with van der Waals surface area (Å²) in [4.78, 5) is 2.38. The molecule has 124 valence electrons. The molecular formula is C18H26N4O. The average molecular weight is 314 g/mol. The van der Waals surface area contributed by atoms with Crippen molar-refractivity contribution in [3.05, 3.63) is 47.5 Å². The topological polar surface area (TPSA) is 54.2 Å². The second kappa shape index (κ2) is 7.23. The molecule has 1 aliphatic carbocycles. The van der Waals surface area contributed by atoms with Crippen LogP contribution in [0.4, 0.5) is 0 Å². The largest absolute Gasteiger partial charge is 0.396 e. The molecule has 1 aromatic carbocycles. The van der Waals surface area contributed by atoms with Crippen molar-refractivity contribution in [1.82, 2.24) is 19.7 Å². The number of hydrogen-bond donors (Lipinski definition) is 1. The Morgan fingerprint density at radius 3 is 2.61 bits per heavy atom. The lowest BCUT2D eigenvalue weighted by molar-refractivity contribution is 0.148. The zero-order chi connectivity index (χ0) is 16.2. The van der Waals surface area contributed by atoms with E-state index in [1.807, 2.05) is 13.0 Å². The first-order chi connectivity index (χ1) is 11.2. The van der Waals surface area contributed by atoms with E-state index in [1.165, 1.54) is 18.4 Å². The second-order valence-electron chi connectivity index (χ2n) is 6.52. The van der Waals surface area contributed by atoms with E-state index >= 15 is 0 Å². The number of aromatic nitrogens is 3. The van der Waals surface area contributed by atoms with Crippen molar-refractivity contribution in [3.63, 3.8) is 0 Å². The van der Waals surface area contributed by atoms with Crippen LogP contribution in [0.2, 0.25) is 0 Å². The Kier molecular flexibility index (Phi) is 5.08. The van der Waals surface area contributed by atoms with E-state index in [4.69, 9.17) is 0 Å². The fraction of sp³-hybridized carbons (Fsp3) is 0.556. The van der Waals surface area contributed by atoms with E-state index in [1.54, 1.807) is 0 Å². The SMILES string of the molecule is Cc1nnc(CN(Cc2ccccc2)C(C)CCO)n1C1CC1. The molecule has 1 aliphatic rings. The Labute approximate surface area is 138 Å². The van der Waals surface area contributed by atoms with Gasteiger partial charge in [0.15, 0.2) is 0 Å². The van der Waals surface area contributed by atoms with E-state index in [9.17, 15) is 5.11 Å². The van der Waals surface area contributed by atoms with Crippen molar-refractivity contribution in [1.29, 1.82) is 0 Å². The van der Waals surface area contributed by atoms with Crippen molar-refractivity contribution in [2.75, 3.05) is 6.61 Å². The van der Waals surface area contributed by atoms with Crippen molar-refractivity contribution in [2.45, 2.75) is 58.3 Å². The van der Waals surface area contributed by atoms with Crippen LogP contribution in [0.3, 0.4) is 0 Å². The van der Waals surface area contributed by atoms with Gasteiger partial charge in [0.25, 0.3) is 0 Å². The highest BCUT2D eigenvalue weighted by atomic mass is 16.3. The minimum atomic E-state index is 0.209. The predicted octanol–water partition coefficient (Wildman–Crippen LogP) is 2.69. The van der Waals surface area contributed by atoms with E-state index in [2.05, 4.69) is 50.9 Å². The van der Waals surface area contributed by atoms with Gasteiger partial charge in [0.2, 0.25) is 0 Å². The summed E-state index contributed by atoms with van der Waals surface area (Å²) in [5, 5.41) is 18.0. The molecule has 2 aromatic rings. The highest BCUT2D eigenvalue weighted by molar-refractivity contribution is 5.15. The average Bonchev–Trinajstić information content (AvgIpc) is 3.32. The second-order valence-corrected chi connectivity index (χ2v) is 6.52. The van der Waals surface area contributed by atoms with E-state index < -0.39 is 0 Å². The molecule has 1 fully saturated rings. The molecule has 0 aliphatic heterocycles. The number of aryl methyl sites for hydroxylation is 1. The molecule has 23 heavy (non-hydrogen) atoms. The Balaban J connectivity index is 1.78. The lowest BCUT2D eigenvalue weighted by atomic mass is 10.1. The van der Waals surface area contributed by atoms with Gasteiger partial charge in [0.1, 0.15) is 11.6 Å². The number of aliphatic hydroxyl groups is 1. The van der Waals surface area contributed by atoms with Gasteiger partial charge in [-0.25, -0.2) is 0 Å². The number of benzene rings is 1. The maximum atomic E-state index is 9.31. The molecule has 1 aromatic heterocycles. The number of hydrogen-bond acceptors (Lipinski definition) is 4.